The molecule has 13 heavy (non-hydrogen) atoms. The number of aliphatic hydroxyl groups is 1. The minimum absolute atomic E-state index is 0.193. The van der Waals surface area contributed by atoms with Crippen LogP contribution < -0.4 is 0 Å². The zero-order valence-corrected chi connectivity index (χ0v) is 9.47. The van der Waals surface area contributed by atoms with Crippen molar-refractivity contribution < 1.29 is 9.84 Å². The third kappa shape index (κ3) is 8.26. The molecule has 0 saturated carbocycles. The topological polar surface area (TPSA) is 29.5 Å². The van der Waals surface area contributed by atoms with Crippen LogP contribution in [0.2, 0.25) is 0 Å². The molecular weight excluding hydrogens is 164 g/mol. The van der Waals surface area contributed by atoms with Crippen molar-refractivity contribution in [2.45, 2.75) is 53.1 Å². The largest absolute Gasteiger partial charge is 0.393 e. The van der Waals surface area contributed by atoms with Crippen molar-refractivity contribution in [1.29, 1.82) is 0 Å². The molecule has 0 bridgehead atoms. The molecule has 0 saturated heterocycles. The van der Waals surface area contributed by atoms with E-state index in [1.165, 1.54) is 0 Å². The summed E-state index contributed by atoms with van der Waals surface area (Å²) in [5, 5.41) is 9.26. The molecule has 0 amide bonds. The molecule has 1 unspecified atom stereocenters. The summed E-state index contributed by atoms with van der Waals surface area (Å²) < 4.78 is 5.27. The van der Waals surface area contributed by atoms with Gasteiger partial charge in [0.15, 0.2) is 0 Å². The van der Waals surface area contributed by atoms with Crippen LogP contribution in [-0.4, -0.2) is 24.4 Å². The molecule has 0 aliphatic heterocycles. The fourth-order valence-electron chi connectivity index (χ4n) is 1.70. The summed E-state index contributed by atoms with van der Waals surface area (Å²) >= 11 is 0. The van der Waals surface area contributed by atoms with E-state index in [0.717, 1.165) is 32.5 Å². The van der Waals surface area contributed by atoms with E-state index in [2.05, 4.69) is 13.8 Å². The third-order valence-corrected chi connectivity index (χ3v) is 2.19. The highest BCUT2D eigenvalue weighted by Crippen LogP contribution is 2.28. The van der Waals surface area contributed by atoms with Gasteiger partial charge < -0.3 is 9.84 Å². The number of hydrogen-bond donors (Lipinski definition) is 1. The van der Waals surface area contributed by atoms with Crippen LogP contribution in [-0.2, 0) is 4.74 Å². The Morgan fingerprint density at radius 1 is 1.38 bits per heavy atom. The fraction of sp³-hybridized carbons (Fsp3) is 1.00. The second kappa shape index (κ2) is 6.39. The van der Waals surface area contributed by atoms with Gasteiger partial charge in [0, 0.05) is 13.2 Å². The Balaban J connectivity index is 3.50. The van der Waals surface area contributed by atoms with Crippen LogP contribution in [0.3, 0.4) is 0 Å². The Kier molecular flexibility index (Phi) is 6.35. The first-order valence-electron chi connectivity index (χ1n) is 5.24. The maximum atomic E-state index is 9.26. The van der Waals surface area contributed by atoms with Crippen molar-refractivity contribution in [3.8, 4) is 0 Å². The van der Waals surface area contributed by atoms with Crippen LogP contribution in [0.15, 0.2) is 0 Å². The Morgan fingerprint density at radius 3 is 2.46 bits per heavy atom. The van der Waals surface area contributed by atoms with E-state index >= 15 is 0 Å². The molecule has 0 aromatic carbocycles. The van der Waals surface area contributed by atoms with Crippen molar-refractivity contribution in [1.82, 2.24) is 0 Å². The van der Waals surface area contributed by atoms with Crippen molar-refractivity contribution >= 4 is 0 Å². The molecule has 0 rings (SSSR count). The molecule has 0 aliphatic carbocycles. The zero-order valence-electron chi connectivity index (χ0n) is 9.47. The second-order valence-electron chi connectivity index (χ2n) is 4.52. The maximum absolute atomic E-state index is 9.26. The first kappa shape index (κ1) is 12.9. The number of rotatable bonds is 7. The van der Waals surface area contributed by atoms with Gasteiger partial charge in [0.1, 0.15) is 0 Å². The van der Waals surface area contributed by atoms with E-state index in [9.17, 15) is 5.11 Å². The lowest BCUT2D eigenvalue weighted by atomic mass is 9.83. The van der Waals surface area contributed by atoms with E-state index in [-0.39, 0.29) is 11.5 Å². The zero-order chi connectivity index (χ0) is 10.3. The van der Waals surface area contributed by atoms with Crippen LogP contribution in [0.5, 0.6) is 0 Å². The highest BCUT2D eigenvalue weighted by atomic mass is 16.5. The van der Waals surface area contributed by atoms with E-state index in [1.54, 1.807) is 0 Å². The van der Waals surface area contributed by atoms with Gasteiger partial charge in [0.25, 0.3) is 0 Å². The van der Waals surface area contributed by atoms with Gasteiger partial charge >= 0.3 is 0 Å². The summed E-state index contributed by atoms with van der Waals surface area (Å²) in [6, 6.07) is 0. The third-order valence-electron chi connectivity index (χ3n) is 2.19. The SMILES string of the molecule is CCOCCCC(C)(C)CC(C)O. The minimum Gasteiger partial charge on any atom is -0.393 e. The number of ether oxygens (including phenoxy) is 1. The standard InChI is InChI=1S/C11H24O2/c1-5-13-8-6-7-11(3,4)9-10(2)12/h10,12H,5-9H2,1-4H3. The van der Waals surface area contributed by atoms with Gasteiger partial charge in [-0.05, 0) is 38.5 Å². The first-order valence-corrected chi connectivity index (χ1v) is 5.24. The molecule has 0 aromatic rings. The van der Waals surface area contributed by atoms with Gasteiger partial charge in [0.05, 0.1) is 6.10 Å². The molecule has 0 aliphatic rings. The van der Waals surface area contributed by atoms with E-state index in [4.69, 9.17) is 4.74 Å². The minimum atomic E-state index is -0.193. The number of aliphatic hydroxyl groups excluding tert-OH is 1. The lowest BCUT2D eigenvalue weighted by molar-refractivity contribution is 0.103. The van der Waals surface area contributed by atoms with Gasteiger partial charge in [-0.1, -0.05) is 13.8 Å². The first-order chi connectivity index (χ1) is 5.98. The second-order valence-corrected chi connectivity index (χ2v) is 4.52. The van der Waals surface area contributed by atoms with Crippen molar-refractivity contribution in [2.75, 3.05) is 13.2 Å². The molecule has 1 atom stereocenters. The van der Waals surface area contributed by atoms with E-state index < -0.39 is 0 Å². The molecule has 1 N–H and O–H groups in total. The molecule has 0 spiro atoms. The van der Waals surface area contributed by atoms with Crippen LogP contribution >= 0.6 is 0 Å². The average molecular weight is 188 g/mol. The lowest BCUT2D eigenvalue weighted by Gasteiger charge is -2.25. The van der Waals surface area contributed by atoms with Gasteiger partial charge in [0.2, 0.25) is 0 Å². The monoisotopic (exact) mass is 188 g/mol. The van der Waals surface area contributed by atoms with Crippen LogP contribution in [0.4, 0.5) is 0 Å². The maximum Gasteiger partial charge on any atom is 0.0517 e. The van der Waals surface area contributed by atoms with E-state index in [0.29, 0.717) is 0 Å². The molecule has 0 radical (unpaired) electrons. The van der Waals surface area contributed by atoms with Gasteiger partial charge in [-0.15, -0.1) is 0 Å². The molecule has 80 valence electrons. The van der Waals surface area contributed by atoms with Crippen LogP contribution in [0.25, 0.3) is 0 Å². The molecule has 0 fully saturated rings. The summed E-state index contributed by atoms with van der Waals surface area (Å²) in [6.07, 6.45) is 2.90. The number of hydrogen-bond acceptors (Lipinski definition) is 2. The van der Waals surface area contributed by atoms with E-state index in [1.807, 2.05) is 13.8 Å². The summed E-state index contributed by atoms with van der Waals surface area (Å²) in [4.78, 5) is 0. The predicted molar refractivity (Wildman–Crippen MR) is 55.8 cm³/mol. The molecule has 2 heteroatoms. The Bertz CT molecular complexity index is 119. The summed E-state index contributed by atoms with van der Waals surface area (Å²) in [5.41, 5.74) is 0.241. The normalized spacial score (nSPS) is 14.5. The lowest BCUT2D eigenvalue weighted by Crippen LogP contribution is -2.19. The molecule has 2 nitrogen and oxygen atoms in total. The van der Waals surface area contributed by atoms with Gasteiger partial charge in [-0.2, -0.15) is 0 Å². The van der Waals surface area contributed by atoms with Crippen LogP contribution in [0.1, 0.15) is 47.0 Å². The van der Waals surface area contributed by atoms with Crippen molar-refractivity contribution in [2.24, 2.45) is 5.41 Å². The highest BCUT2D eigenvalue weighted by Gasteiger charge is 2.19. The van der Waals surface area contributed by atoms with Crippen LogP contribution in [0, 0.1) is 5.41 Å². The quantitative estimate of drug-likeness (QED) is 0.622. The highest BCUT2D eigenvalue weighted by molar-refractivity contribution is 4.70. The van der Waals surface area contributed by atoms with Crippen molar-refractivity contribution in [3.05, 3.63) is 0 Å². The summed E-state index contributed by atoms with van der Waals surface area (Å²) in [5.74, 6) is 0. The van der Waals surface area contributed by atoms with Gasteiger partial charge in [-0.25, -0.2) is 0 Å². The average Bonchev–Trinajstić information content (AvgIpc) is 1.95. The fourth-order valence-corrected chi connectivity index (χ4v) is 1.70. The Hall–Kier alpha value is -0.0800. The Labute approximate surface area is 82.3 Å². The smallest absolute Gasteiger partial charge is 0.0517 e. The predicted octanol–water partition coefficient (Wildman–Crippen LogP) is 2.60. The Morgan fingerprint density at radius 2 is 2.00 bits per heavy atom. The summed E-state index contributed by atoms with van der Waals surface area (Å²) in [7, 11) is 0. The summed E-state index contributed by atoms with van der Waals surface area (Å²) in [6.45, 7) is 9.92. The van der Waals surface area contributed by atoms with Gasteiger partial charge in [-0.3, -0.25) is 0 Å². The molecular formula is C11H24O2. The molecule has 0 heterocycles. The van der Waals surface area contributed by atoms with Crippen molar-refractivity contribution in [3.63, 3.8) is 0 Å². The molecule has 0 aromatic heterocycles.